The van der Waals surface area contributed by atoms with Crippen LogP contribution in [0, 0.1) is 0 Å². The molecule has 0 aliphatic heterocycles. The van der Waals surface area contributed by atoms with Crippen LogP contribution in [0.3, 0.4) is 0 Å². The molecule has 4 heteroatoms. The summed E-state index contributed by atoms with van der Waals surface area (Å²) in [4.78, 5) is 0. The molecule has 1 aromatic heterocycles. The van der Waals surface area contributed by atoms with Crippen molar-refractivity contribution in [1.82, 2.24) is 9.78 Å². The number of nitrogens with zero attached hydrogens (tertiary/aromatic N) is 2. The van der Waals surface area contributed by atoms with Gasteiger partial charge in [0.1, 0.15) is 4.60 Å². The van der Waals surface area contributed by atoms with Crippen molar-refractivity contribution in [3.63, 3.8) is 0 Å². The molecular formula is C13H19BrN2O. The van der Waals surface area contributed by atoms with Crippen molar-refractivity contribution in [3.05, 3.63) is 10.8 Å². The van der Waals surface area contributed by atoms with Crippen molar-refractivity contribution in [2.24, 2.45) is 0 Å². The second-order valence-corrected chi connectivity index (χ2v) is 5.96. The number of rotatable bonds is 3. The summed E-state index contributed by atoms with van der Waals surface area (Å²) in [5, 5.41) is 4.48. The molecule has 0 saturated heterocycles. The monoisotopic (exact) mass is 298 g/mol. The summed E-state index contributed by atoms with van der Waals surface area (Å²) >= 11 is 3.64. The van der Waals surface area contributed by atoms with Gasteiger partial charge >= 0.3 is 0 Å². The third kappa shape index (κ3) is 2.37. The van der Waals surface area contributed by atoms with Gasteiger partial charge in [-0.05, 0) is 54.5 Å². The Labute approximate surface area is 111 Å². The van der Waals surface area contributed by atoms with Gasteiger partial charge in [-0.2, -0.15) is 5.10 Å². The Balaban J connectivity index is 1.72. The topological polar surface area (TPSA) is 27.1 Å². The molecule has 2 aliphatic carbocycles. The van der Waals surface area contributed by atoms with Gasteiger partial charge < -0.3 is 4.74 Å². The first-order valence-corrected chi connectivity index (χ1v) is 7.53. The fraction of sp³-hybridized carbons (Fsp3) is 0.769. The maximum Gasteiger partial charge on any atom is 0.172 e. The van der Waals surface area contributed by atoms with E-state index < -0.39 is 0 Å². The standard InChI is InChI=1S/C13H19BrN2O/c14-13-12(17-11-7-3-4-8-11)9-15-16(13)10-5-1-2-6-10/h9-11H,1-8H2. The molecule has 3 nitrogen and oxygen atoms in total. The average Bonchev–Trinajstić information content (AvgIpc) is 3.03. The Kier molecular flexibility index (Phi) is 3.41. The van der Waals surface area contributed by atoms with Gasteiger partial charge in [-0.25, -0.2) is 0 Å². The number of aromatic nitrogens is 2. The maximum absolute atomic E-state index is 6.02. The number of ether oxygens (including phenoxy) is 1. The van der Waals surface area contributed by atoms with Gasteiger partial charge in [0, 0.05) is 0 Å². The van der Waals surface area contributed by atoms with E-state index in [1.807, 2.05) is 6.20 Å². The zero-order valence-electron chi connectivity index (χ0n) is 10.1. The van der Waals surface area contributed by atoms with Crippen LogP contribution >= 0.6 is 15.9 Å². The molecular weight excluding hydrogens is 280 g/mol. The highest BCUT2D eigenvalue weighted by Gasteiger charge is 2.24. The molecule has 17 heavy (non-hydrogen) atoms. The van der Waals surface area contributed by atoms with Crippen LogP contribution in [0.5, 0.6) is 5.75 Å². The van der Waals surface area contributed by atoms with Crippen LogP contribution in [0.15, 0.2) is 10.8 Å². The lowest BCUT2D eigenvalue weighted by molar-refractivity contribution is 0.208. The Morgan fingerprint density at radius 1 is 1.12 bits per heavy atom. The first-order valence-electron chi connectivity index (χ1n) is 6.74. The van der Waals surface area contributed by atoms with E-state index in [4.69, 9.17) is 4.74 Å². The van der Waals surface area contributed by atoms with Crippen molar-refractivity contribution in [2.75, 3.05) is 0 Å². The maximum atomic E-state index is 6.02. The lowest BCUT2D eigenvalue weighted by Gasteiger charge is -2.14. The lowest BCUT2D eigenvalue weighted by Crippen LogP contribution is -2.11. The summed E-state index contributed by atoms with van der Waals surface area (Å²) in [6.45, 7) is 0. The highest BCUT2D eigenvalue weighted by Crippen LogP contribution is 2.36. The molecule has 1 heterocycles. The molecule has 0 atom stereocenters. The summed E-state index contributed by atoms with van der Waals surface area (Å²) in [6, 6.07) is 0.574. The molecule has 2 fully saturated rings. The Bertz CT molecular complexity index is 379. The molecule has 94 valence electrons. The Morgan fingerprint density at radius 2 is 1.76 bits per heavy atom. The van der Waals surface area contributed by atoms with Crippen LogP contribution < -0.4 is 4.74 Å². The van der Waals surface area contributed by atoms with Gasteiger partial charge in [0.2, 0.25) is 0 Å². The molecule has 1 aromatic rings. The minimum Gasteiger partial charge on any atom is -0.486 e. The minimum atomic E-state index is 0.410. The second kappa shape index (κ2) is 5.01. The Hall–Kier alpha value is -0.510. The molecule has 0 radical (unpaired) electrons. The van der Waals surface area contributed by atoms with Crippen LogP contribution in [0.1, 0.15) is 57.4 Å². The largest absolute Gasteiger partial charge is 0.486 e. The van der Waals surface area contributed by atoms with Gasteiger partial charge in [0.15, 0.2) is 5.75 Å². The van der Waals surface area contributed by atoms with E-state index in [-0.39, 0.29) is 0 Å². The first-order chi connectivity index (χ1) is 8.34. The molecule has 2 saturated carbocycles. The molecule has 3 rings (SSSR count). The van der Waals surface area contributed by atoms with E-state index in [0.717, 1.165) is 10.4 Å². The number of halogens is 1. The molecule has 0 amide bonds. The van der Waals surface area contributed by atoms with Crippen molar-refractivity contribution in [3.8, 4) is 5.75 Å². The fourth-order valence-corrected chi connectivity index (χ4v) is 3.58. The zero-order chi connectivity index (χ0) is 11.7. The van der Waals surface area contributed by atoms with E-state index >= 15 is 0 Å². The van der Waals surface area contributed by atoms with Gasteiger partial charge in [0.05, 0.1) is 18.3 Å². The van der Waals surface area contributed by atoms with Gasteiger partial charge in [0.25, 0.3) is 0 Å². The lowest BCUT2D eigenvalue weighted by atomic mass is 10.3. The van der Waals surface area contributed by atoms with Crippen LogP contribution in [0.2, 0.25) is 0 Å². The van der Waals surface area contributed by atoms with Gasteiger partial charge in [-0.1, -0.05) is 12.8 Å². The zero-order valence-corrected chi connectivity index (χ0v) is 11.7. The van der Waals surface area contributed by atoms with Crippen LogP contribution in [0.4, 0.5) is 0 Å². The van der Waals surface area contributed by atoms with Crippen molar-refractivity contribution < 1.29 is 4.74 Å². The summed E-state index contributed by atoms with van der Waals surface area (Å²) < 4.78 is 9.16. The molecule has 0 bridgehead atoms. The second-order valence-electron chi connectivity index (χ2n) is 5.21. The average molecular weight is 299 g/mol. The van der Waals surface area contributed by atoms with E-state index in [9.17, 15) is 0 Å². The van der Waals surface area contributed by atoms with Gasteiger partial charge in [-0.15, -0.1) is 0 Å². The predicted octanol–water partition coefficient (Wildman–Crippen LogP) is 4.08. The third-order valence-electron chi connectivity index (χ3n) is 3.97. The Morgan fingerprint density at radius 3 is 2.47 bits per heavy atom. The van der Waals surface area contributed by atoms with E-state index in [1.54, 1.807) is 0 Å². The predicted molar refractivity (Wildman–Crippen MR) is 70.3 cm³/mol. The highest BCUT2D eigenvalue weighted by molar-refractivity contribution is 9.10. The smallest absolute Gasteiger partial charge is 0.172 e. The summed E-state index contributed by atoms with van der Waals surface area (Å²) in [7, 11) is 0. The van der Waals surface area contributed by atoms with Gasteiger partial charge in [-0.3, -0.25) is 4.68 Å². The number of hydrogen-bond acceptors (Lipinski definition) is 2. The van der Waals surface area contributed by atoms with E-state index in [1.165, 1.54) is 51.4 Å². The quantitative estimate of drug-likeness (QED) is 0.841. The normalized spacial score (nSPS) is 22.4. The van der Waals surface area contributed by atoms with Crippen molar-refractivity contribution in [2.45, 2.75) is 63.5 Å². The summed E-state index contributed by atoms with van der Waals surface area (Å²) in [6.07, 6.45) is 12.5. The molecule has 0 unspecified atom stereocenters. The number of hydrogen-bond donors (Lipinski definition) is 0. The SMILES string of the molecule is Brc1c(OC2CCCC2)cnn1C1CCCC1. The van der Waals surface area contributed by atoms with E-state index in [0.29, 0.717) is 12.1 Å². The van der Waals surface area contributed by atoms with Crippen LogP contribution in [-0.4, -0.2) is 15.9 Å². The van der Waals surface area contributed by atoms with Crippen molar-refractivity contribution in [1.29, 1.82) is 0 Å². The van der Waals surface area contributed by atoms with Crippen LogP contribution in [-0.2, 0) is 0 Å². The van der Waals surface area contributed by atoms with Crippen LogP contribution in [0.25, 0.3) is 0 Å². The molecule has 0 N–H and O–H groups in total. The van der Waals surface area contributed by atoms with E-state index in [2.05, 4.69) is 25.7 Å². The fourth-order valence-electron chi connectivity index (χ4n) is 3.00. The molecule has 2 aliphatic rings. The minimum absolute atomic E-state index is 0.410. The third-order valence-corrected chi connectivity index (χ3v) is 4.72. The highest BCUT2D eigenvalue weighted by atomic mass is 79.9. The molecule has 0 spiro atoms. The summed E-state index contributed by atoms with van der Waals surface area (Å²) in [5.74, 6) is 0.934. The summed E-state index contributed by atoms with van der Waals surface area (Å²) in [5.41, 5.74) is 0. The molecule has 0 aromatic carbocycles. The van der Waals surface area contributed by atoms with Crippen molar-refractivity contribution >= 4 is 15.9 Å². The first kappa shape index (κ1) is 11.6.